The van der Waals surface area contributed by atoms with E-state index in [0.29, 0.717) is 38.4 Å². The molecule has 0 spiro atoms. The molecule has 0 aromatic heterocycles. The van der Waals surface area contributed by atoms with Gasteiger partial charge in [0, 0.05) is 55.7 Å². The Labute approximate surface area is 191 Å². The number of piperidine rings is 1. The van der Waals surface area contributed by atoms with Crippen molar-refractivity contribution in [3.05, 3.63) is 34.1 Å². The van der Waals surface area contributed by atoms with Crippen LogP contribution in [0.1, 0.15) is 18.4 Å². The van der Waals surface area contributed by atoms with E-state index in [0.717, 1.165) is 36.4 Å². The quantitative estimate of drug-likeness (QED) is 0.346. The highest BCUT2D eigenvalue weighted by atomic mass is 127. The number of carbonyl (C=O) groups excluding carboxylic acids is 1. The molecular formula is C19H27BrFIN4O2. The van der Waals surface area contributed by atoms with Crippen molar-refractivity contribution in [2.24, 2.45) is 10.9 Å². The van der Waals surface area contributed by atoms with Gasteiger partial charge in [-0.2, -0.15) is 0 Å². The van der Waals surface area contributed by atoms with Gasteiger partial charge >= 0.3 is 0 Å². The minimum atomic E-state index is -0.248. The van der Waals surface area contributed by atoms with Crippen LogP contribution in [0.25, 0.3) is 0 Å². The molecule has 2 fully saturated rings. The number of hydrogen-bond donors (Lipinski definition) is 1. The molecule has 0 radical (unpaired) electrons. The molecule has 2 aliphatic rings. The molecule has 1 amide bonds. The van der Waals surface area contributed by atoms with Crippen LogP contribution < -0.4 is 5.32 Å². The summed E-state index contributed by atoms with van der Waals surface area (Å²) in [4.78, 5) is 21.0. The van der Waals surface area contributed by atoms with Crippen LogP contribution in [0.2, 0.25) is 0 Å². The van der Waals surface area contributed by atoms with Gasteiger partial charge in [0.05, 0.1) is 13.2 Å². The molecule has 2 heterocycles. The maximum atomic E-state index is 14.0. The number of ether oxygens (including phenoxy) is 1. The van der Waals surface area contributed by atoms with E-state index in [9.17, 15) is 9.18 Å². The molecule has 2 saturated heterocycles. The normalized spacial score (nSPS) is 18.6. The Bertz CT molecular complexity index is 693. The molecule has 6 nitrogen and oxygen atoms in total. The van der Waals surface area contributed by atoms with Crippen molar-refractivity contribution >= 4 is 51.8 Å². The van der Waals surface area contributed by atoms with Crippen LogP contribution >= 0.6 is 39.9 Å². The third kappa shape index (κ3) is 6.03. The molecule has 1 N–H and O–H groups in total. The number of halogens is 3. The summed E-state index contributed by atoms with van der Waals surface area (Å²) >= 11 is 3.27. The van der Waals surface area contributed by atoms with Gasteiger partial charge in [0.25, 0.3) is 0 Å². The summed E-state index contributed by atoms with van der Waals surface area (Å²) in [7, 11) is 1.73. The van der Waals surface area contributed by atoms with Gasteiger partial charge in [-0.25, -0.2) is 4.39 Å². The second-order valence-electron chi connectivity index (χ2n) is 6.84. The Morgan fingerprint density at radius 3 is 2.54 bits per heavy atom. The molecule has 28 heavy (non-hydrogen) atoms. The van der Waals surface area contributed by atoms with E-state index in [4.69, 9.17) is 4.74 Å². The Balaban J connectivity index is 0.00000280. The van der Waals surface area contributed by atoms with Gasteiger partial charge in [-0.05, 0) is 25.0 Å². The van der Waals surface area contributed by atoms with Crippen LogP contribution in [0.5, 0.6) is 0 Å². The van der Waals surface area contributed by atoms with Crippen LogP contribution in [-0.2, 0) is 16.1 Å². The summed E-state index contributed by atoms with van der Waals surface area (Å²) < 4.78 is 20.0. The monoisotopic (exact) mass is 568 g/mol. The van der Waals surface area contributed by atoms with E-state index >= 15 is 0 Å². The molecule has 9 heteroatoms. The predicted molar refractivity (Wildman–Crippen MR) is 121 cm³/mol. The zero-order valence-corrected chi connectivity index (χ0v) is 19.9. The smallest absolute Gasteiger partial charge is 0.225 e. The highest BCUT2D eigenvalue weighted by Gasteiger charge is 2.30. The minimum absolute atomic E-state index is 0. The summed E-state index contributed by atoms with van der Waals surface area (Å²) in [6.07, 6.45) is 1.62. The summed E-state index contributed by atoms with van der Waals surface area (Å²) in [6, 6.07) is 5.04. The van der Waals surface area contributed by atoms with Crippen molar-refractivity contribution in [3.8, 4) is 0 Å². The molecule has 156 valence electrons. The molecule has 0 saturated carbocycles. The van der Waals surface area contributed by atoms with Crippen molar-refractivity contribution in [2.75, 3.05) is 46.4 Å². The maximum absolute atomic E-state index is 14.0. The average molecular weight is 569 g/mol. The van der Waals surface area contributed by atoms with Crippen molar-refractivity contribution in [2.45, 2.75) is 19.4 Å². The molecule has 0 bridgehead atoms. The van der Waals surface area contributed by atoms with Gasteiger partial charge in [0.2, 0.25) is 5.91 Å². The first kappa shape index (κ1) is 23.3. The van der Waals surface area contributed by atoms with Gasteiger partial charge in [-0.3, -0.25) is 9.79 Å². The Kier molecular flexibility index (Phi) is 9.42. The average Bonchev–Trinajstić information content (AvgIpc) is 2.70. The number of aliphatic imine (C=N–C) groups is 1. The highest BCUT2D eigenvalue weighted by Crippen LogP contribution is 2.21. The van der Waals surface area contributed by atoms with E-state index in [1.54, 1.807) is 13.1 Å². The fourth-order valence-electron chi connectivity index (χ4n) is 3.55. The second kappa shape index (κ2) is 11.3. The van der Waals surface area contributed by atoms with Crippen molar-refractivity contribution < 1.29 is 13.9 Å². The number of guanidine groups is 1. The number of likely N-dealkylation sites (tertiary alicyclic amines) is 1. The van der Waals surface area contributed by atoms with E-state index in [1.807, 2.05) is 11.0 Å². The molecule has 1 aromatic rings. The first-order chi connectivity index (χ1) is 13.1. The Morgan fingerprint density at radius 1 is 1.25 bits per heavy atom. The number of hydrogen-bond acceptors (Lipinski definition) is 3. The second-order valence-corrected chi connectivity index (χ2v) is 7.75. The van der Waals surface area contributed by atoms with E-state index in [-0.39, 0.29) is 41.6 Å². The SMILES string of the molecule is CN=C(NCc1ccc(Br)cc1F)N1CCC(C(=O)N2CCOCC2)CC1.I. The molecule has 0 aliphatic carbocycles. The lowest BCUT2D eigenvalue weighted by Gasteiger charge is -2.36. The number of amides is 1. The summed E-state index contributed by atoms with van der Waals surface area (Å²) in [5, 5.41) is 3.23. The van der Waals surface area contributed by atoms with Crippen LogP contribution in [-0.4, -0.2) is 68.1 Å². The lowest BCUT2D eigenvalue weighted by Crippen LogP contribution is -2.49. The van der Waals surface area contributed by atoms with Gasteiger partial charge in [0.1, 0.15) is 5.82 Å². The molecule has 1 aromatic carbocycles. The molecule has 0 atom stereocenters. The molecule has 2 aliphatic heterocycles. The summed E-state index contributed by atoms with van der Waals surface area (Å²) in [5.41, 5.74) is 0.594. The van der Waals surface area contributed by atoms with E-state index < -0.39 is 0 Å². The zero-order chi connectivity index (χ0) is 19.2. The van der Waals surface area contributed by atoms with E-state index in [1.165, 1.54) is 6.07 Å². The van der Waals surface area contributed by atoms with Crippen molar-refractivity contribution in [1.29, 1.82) is 0 Å². The van der Waals surface area contributed by atoms with Crippen molar-refractivity contribution in [1.82, 2.24) is 15.1 Å². The van der Waals surface area contributed by atoms with Gasteiger partial charge in [-0.15, -0.1) is 24.0 Å². The number of nitrogens with zero attached hydrogens (tertiary/aromatic N) is 3. The largest absolute Gasteiger partial charge is 0.378 e. The minimum Gasteiger partial charge on any atom is -0.378 e. The summed E-state index contributed by atoms with van der Waals surface area (Å²) in [5.74, 6) is 0.816. The fraction of sp³-hybridized carbons (Fsp3) is 0.579. The predicted octanol–water partition coefficient (Wildman–Crippen LogP) is 2.85. The lowest BCUT2D eigenvalue weighted by atomic mass is 9.95. The Hall–Kier alpha value is -0.940. The number of morpholine rings is 1. The maximum Gasteiger partial charge on any atom is 0.225 e. The van der Waals surface area contributed by atoms with Gasteiger partial charge < -0.3 is 19.9 Å². The molecule has 0 unspecified atom stereocenters. The van der Waals surface area contributed by atoms with E-state index in [2.05, 4.69) is 31.1 Å². The molecule has 3 rings (SSSR count). The molecular weight excluding hydrogens is 542 g/mol. The standard InChI is InChI=1S/C19H26BrFN4O2.HI/c1-22-19(23-13-15-2-3-16(20)12-17(15)21)25-6-4-14(5-7-25)18(26)24-8-10-27-11-9-24;/h2-3,12,14H,4-11,13H2,1H3,(H,22,23);1H. The fourth-order valence-corrected chi connectivity index (χ4v) is 3.88. The highest BCUT2D eigenvalue weighted by molar-refractivity contribution is 14.0. The van der Waals surface area contributed by atoms with Crippen LogP contribution in [0.15, 0.2) is 27.7 Å². The third-order valence-corrected chi connectivity index (χ3v) is 5.62. The number of benzene rings is 1. The first-order valence-corrected chi connectivity index (χ1v) is 10.1. The van der Waals surface area contributed by atoms with Crippen LogP contribution in [0, 0.1) is 11.7 Å². The third-order valence-electron chi connectivity index (χ3n) is 5.13. The van der Waals surface area contributed by atoms with Crippen LogP contribution in [0.3, 0.4) is 0 Å². The summed E-state index contributed by atoms with van der Waals surface area (Å²) in [6.45, 7) is 4.56. The topological polar surface area (TPSA) is 57.2 Å². The zero-order valence-electron chi connectivity index (χ0n) is 16.0. The lowest BCUT2D eigenvalue weighted by molar-refractivity contribution is -0.140. The number of nitrogens with one attached hydrogen (secondary N) is 1. The van der Waals surface area contributed by atoms with Gasteiger partial charge in [0.15, 0.2) is 5.96 Å². The Morgan fingerprint density at radius 2 is 1.93 bits per heavy atom. The number of rotatable bonds is 3. The first-order valence-electron chi connectivity index (χ1n) is 9.34. The van der Waals surface area contributed by atoms with Gasteiger partial charge in [-0.1, -0.05) is 22.0 Å². The van der Waals surface area contributed by atoms with Crippen LogP contribution in [0.4, 0.5) is 4.39 Å². The van der Waals surface area contributed by atoms with Crippen molar-refractivity contribution in [3.63, 3.8) is 0 Å². The number of carbonyl (C=O) groups is 1.